The molecule has 2 saturated carbocycles. The number of hydrogen-bond donors (Lipinski definition) is 1. The van der Waals surface area contributed by atoms with E-state index in [2.05, 4.69) is 5.32 Å². The van der Waals surface area contributed by atoms with Gasteiger partial charge in [0.2, 0.25) is 0 Å². The van der Waals surface area contributed by atoms with Crippen LogP contribution in [0.4, 0.5) is 0 Å². The van der Waals surface area contributed by atoms with E-state index in [9.17, 15) is 0 Å². The molecule has 0 aliphatic heterocycles. The first-order valence-electron chi connectivity index (χ1n) is 14.7. The van der Waals surface area contributed by atoms with Crippen LogP contribution in [0.25, 0.3) is 0 Å². The van der Waals surface area contributed by atoms with E-state index < -0.39 is 0 Å². The van der Waals surface area contributed by atoms with E-state index in [0.29, 0.717) is 0 Å². The van der Waals surface area contributed by atoms with Gasteiger partial charge < -0.3 is 5.32 Å². The minimum Gasteiger partial charge on any atom is -0.314 e. The Kier molecular flexibility index (Phi) is 17.2. The maximum absolute atomic E-state index is 3.93. The summed E-state index contributed by atoms with van der Waals surface area (Å²) in [5.41, 5.74) is 0. The lowest BCUT2D eigenvalue weighted by atomic mass is 9.90. The summed E-state index contributed by atoms with van der Waals surface area (Å²) in [6.45, 7) is 1.27. The average molecular weight is 420 g/mol. The fraction of sp³-hybridized carbons (Fsp3) is 1.00. The molecule has 30 heavy (non-hydrogen) atoms. The van der Waals surface area contributed by atoms with Crippen LogP contribution in [-0.2, 0) is 0 Å². The van der Waals surface area contributed by atoms with Crippen LogP contribution in [0, 0.1) is 5.92 Å². The van der Waals surface area contributed by atoms with Gasteiger partial charge >= 0.3 is 0 Å². The summed E-state index contributed by atoms with van der Waals surface area (Å²) >= 11 is 0. The van der Waals surface area contributed by atoms with E-state index in [0.717, 1.165) is 12.0 Å². The monoisotopic (exact) mass is 419 g/mol. The lowest BCUT2D eigenvalue weighted by Crippen LogP contribution is -2.30. The molecular weight excluding hydrogens is 362 g/mol. The molecule has 0 saturated heterocycles. The van der Waals surface area contributed by atoms with Gasteiger partial charge in [-0.2, -0.15) is 0 Å². The first kappa shape index (κ1) is 26.2. The van der Waals surface area contributed by atoms with E-state index in [4.69, 9.17) is 0 Å². The molecule has 0 radical (unpaired) electrons. The summed E-state index contributed by atoms with van der Waals surface area (Å²) < 4.78 is 0. The summed E-state index contributed by atoms with van der Waals surface area (Å²) in [4.78, 5) is 0. The van der Waals surface area contributed by atoms with Gasteiger partial charge in [-0.3, -0.25) is 0 Å². The van der Waals surface area contributed by atoms with Gasteiger partial charge in [0, 0.05) is 6.04 Å². The molecule has 0 bridgehead atoms. The van der Waals surface area contributed by atoms with Crippen molar-refractivity contribution in [3.63, 3.8) is 0 Å². The molecule has 178 valence electrons. The van der Waals surface area contributed by atoms with Gasteiger partial charge in [-0.15, -0.1) is 0 Å². The number of unbranched alkanes of at least 4 members (excludes halogenated alkanes) is 4. The van der Waals surface area contributed by atoms with Gasteiger partial charge in [0.25, 0.3) is 0 Å². The molecule has 0 heterocycles. The zero-order valence-electron chi connectivity index (χ0n) is 20.7. The first-order chi connectivity index (χ1) is 14.9. The molecule has 0 unspecified atom stereocenters. The predicted octanol–water partition coefficient (Wildman–Crippen LogP) is 9.73. The molecule has 1 heteroatoms. The van der Waals surface area contributed by atoms with Crippen LogP contribution in [0.15, 0.2) is 0 Å². The van der Waals surface area contributed by atoms with E-state index in [-0.39, 0.29) is 0 Å². The highest BCUT2D eigenvalue weighted by molar-refractivity contribution is 4.69. The maximum Gasteiger partial charge on any atom is 0.00670 e. The fourth-order valence-corrected chi connectivity index (χ4v) is 5.94. The molecule has 0 aromatic rings. The van der Waals surface area contributed by atoms with E-state index in [1.165, 1.54) is 173 Å². The summed E-state index contributed by atoms with van der Waals surface area (Å²) in [6.07, 6.45) is 38.6. The molecule has 2 fully saturated rings. The Hall–Kier alpha value is -0.0400. The Balaban J connectivity index is 1.45. The lowest BCUT2D eigenvalue weighted by molar-refractivity contribution is 0.371. The summed E-state index contributed by atoms with van der Waals surface area (Å²) in [6, 6.07) is 0.819. The molecular formula is C29H57N. The van der Waals surface area contributed by atoms with Crippen molar-refractivity contribution in [1.82, 2.24) is 5.32 Å². The average Bonchev–Trinajstić information content (AvgIpc) is 2.86. The molecule has 0 spiro atoms. The molecule has 0 amide bonds. The van der Waals surface area contributed by atoms with E-state index >= 15 is 0 Å². The van der Waals surface area contributed by atoms with E-state index in [1.54, 1.807) is 0 Å². The smallest absolute Gasteiger partial charge is 0.00670 e. The van der Waals surface area contributed by atoms with Crippen LogP contribution < -0.4 is 5.32 Å². The third kappa shape index (κ3) is 14.9. The fourth-order valence-electron chi connectivity index (χ4n) is 5.94. The molecule has 2 aliphatic rings. The standard InChI is InChI=1S/C29H57N/c1-2-6-11-17-23-28(22-16-10-5-1)24-18-12-9-15-21-27-30-29-25-19-13-7-3-4-8-14-20-26-29/h28-30H,1-27H2. The van der Waals surface area contributed by atoms with Gasteiger partial charge in [-0.1, -0.05) is 148 Å². The topological polar surface area (TPSA) is 12.0 Å². The van der Waals surface area contributed by atoms with Crippen molar-refractivity contribution in [1.29, 1.82) is 0 Å². The molecule has 1 N–H and O–H groups in total. The molecule has 0 aromatic heterocycles. The second-order valence-electron chi connectivity index (χ2n) is 10.9. The molecule has 2 rings (SSSR count). The largest absolute Gasteiger partial charge is 0.314 e. The Labute approximate surface area is 190 Å². The Bertz CT molecular complexity index is 294. The maximum atomic E-state index is 3.93. The molecule has 2 aliphatic carbocycles. The van der Waals surface area contributed by atoms with E-state index in [1.807, 2.05) is 0 Å². The van der Waals surface area contributed by atoms with Crippen molar-refractivity contribution < 1.29 is 0 Å². The molecule has 0 aromatic carbocycles. The van der Waals surface area contributed by atoms with Crippen LogP contribution in [0.5, 0.6) is 0 Å². The third-order valence-corrected chi connectivity index (χ3v) is 8.05. The summed E-state index contributed by atoms with van der Waals surface area (Å²) in [5.74, 6) is 1.06. The van der Waals surface area contributed by atoms with Crippen molar-refractivity contribution in [2.75, 3.05) is 6.54 Å². The van der Waals surface area contributed by atoms with Gasteiger partial charge in [-0.25, -0.2) is 0 Å². The zero-order chi connectivity index (χ0) is 21.0. The highest BCUT2D eigenvalue weighted by Crippen LogP contribution is 2.25. The van der Waals surface area contributed by atoms with Gasteiger partial charge in [0.15, 0.2) is 0 Å². The van der Waals surface area contributed by atoms with Crippen LogP contribution in [-0.4, -0.2) is 12.6 Å². The minimum absolute atomic E-state index is 0.819. The highest BCUT2D eigenvalue weighted by atomic mass is 14.9. The number of hydrogen-bond acceptors (Lipinski definition) is 1. The van der Waals surface area contributed by atoms with Crippen molar-refractivity contribution in [3.8, 4) is 0 Å². The quantitative estimate of drug-likeness (QED) is 0.367. The summed E-state index contributed by atoms with van der Waals surface area (Å²) in [7, 11) is 0. The Morgan fingerprint density at radius 2 is 0.800 bits per heavy atom. The number of nitrogens with one attached hydrogen (secondary N) is 1. The van der Waals surface area contributed by atoms with Gasteiger partial charge in [-0.05, 0) is 31.7 Å². The predicted molar refractivity (Wildman–Crippen MR) is 135 cm³/mol. The second-order valence-corrected chi connectivity index (χ2v) is 10.9. The van der Waals surface area contributed by atoms with Crippen molar-refractivity contribution in [2.24, 2.45) is 5.92 Å². The first-order valence-corrected chi connectivity index (χ1v) is 14.7. The van der Waals surface area contributed by atoms with Crippen molar-refractivity contribution in [3.05, 3.63) is 0 Å². The lowest BCUT2D eigenvalue weighted by Gasteiger charge is -2.18. The van der Waals surface area contributed by atoms with Crippen LogP contribution >= 0.6 is 0 Å². The SMILES string of the molecule is C1CCCCCC(CCCCCCCNC2CCCCCCCCCC2)CCCC1. The van der Waals surface area contributed by atoms with Crippen molar-refractivity contribution in [2.45, 2.75) is 173 Å². The van der Waals surface area contributed by atoms with Crippen LogP contribution in [0.1, 0.15) is 167 Å². The van der Waals surface area contributed by atoms with Crippen LogP contribution in [0.3, 0.4) is 0 Å². The van der Waals surface area contributed by atoms with Gasteiger partial charge in [0.1, 0.15) is 0 Å². The molecule has 0 atom stereocenters. The second kappa shape index (κ2) is 19.6. The normalized spacial score (nSPS) is 22.8. The minimum atomic E-state index is 0.819. The Morgan fingerprint density at radius 1 is 0.400 bits per heavy atom. The van der Waals surface area contributed by atoms with Crippen LogP contribution in [0.2, 0.25) is 0 Å². The third-order valence-electron chi connectivity index (χ3n) is 8.05. The van der Waals surface area contributed by atoms with Gasteiger partial charge in [0.05, 0.1) is 0 Å². The highest BCUT2D eigenvalue weighted by Gasteiger charge is 2.10. The Morgan fingerprint density at radius 3 is 1.33 bits per heavy atom. The number of rotatable bonds is 9. The zero-order valence-corrected chi connectivity index (χ0v) is 20.7. The molecule has 1 nitrogen and oxygen atoms in total. The van der Waals surface area contributed by atoms with Crippen molar-refractivity contribution >= 4 is 0 Å². The summed E-state index contributed by atoms with van der Waals surface area (Å²) in [5, 5.41) is 3.93.